The van der Waals surface area contributed by atoms with Crippen LogP contribution in [0.3, 0.4) is 0 Å². The third-order valence-electron chi connectivity index (χ3n) is 4.44. The topological polar surface area (TPSA) is 86.5 Å². The van der Waals surface area contributed by atoms with E-state index in [-0.39, 0.29) is 5.91 Å². The first-order valence-corrected chi connectivity index (χ1v) is 9.20. The van der Waals surface area contributed by atoms with Crippen LogP contribution in [0.1, 0.15) is 10.4 Å². The molecule has 1 aromatic heterocycles. The maximum atomic E-state index is 12.8. The SMILES string of the molecule is COc1cc(NC(=O)c2cccc(-c3nc(-c4ccccc4)no3)c2)cc(OC)c1. The zero-order chi connectivity index (χ0) is 20.9. The molecule has 4 aromatic rings. The smallest absolute Gasteiger partial charge is 0.258 e. The van der Waals surface area contributed by atoms with Crippen molar-refractivity contribution >= 4 is 11.6 Å². The van der Waals surface area contributed by atoms with E-state index >= 15 is 0 Å². The van der Waals surface area contributed by atoms with E-state index in [9.17, 15) is 4.79 Å². The van der Waals surface area contributed by atoms with E-state index in [1.165, 1.54) is 0 Å². The lowest BCUT2D eigenvalue weighted by Crippen LogP contribution is -2.12. The van der Waals surface area contributed by atoms with Gasteiger partial charge in [-0.15, -0.1) is 0 Å². The summed E-state index contributed by atoms with van der Waals surface area (Å²) in [6.45, 7) is 0. The van der Waals surface area contributed by atoms with Gasteiger partial charge in [-0.2, -0.15) is 4.98 Å². The Kier molecular flexibility index (Phi) is 5.43. The van der Waals surface area contributed by atoms with Crippen LogP contribution in [-0.4, -0.2) is 30.3 Å². The Morgan fingerprint density at radius 2 is 1.57 bits per heavy atom. The number of benzene rings is 3. The molecule has 0 aliphatic carbocycles. The molecule has 150 valence electrons. The summed E-state index contributed by atoms with van der Waals surface area (Å²) < 4.78 is 15.9. The molecule has 0 spiro atoms. The van der Waals surface area contributed by atoms with Gasteiger partial charge in [-0.05, 0) is 18.2 Å². The summed E-state index contributed by atoms with van der Waals surface area (Å²) >= 11 is 0. The number of rotatable bonds is 6. The van der Waals surface area contributed by atoms with Crippen molar-refractivity contribution in [1.29, 1.82) is 0 Å². The molecule has 0 aliphatic rings. The minimum absolute atomic E-state index is 0.282. The first kappa shape index (κ1) is 19.2. The molecule has 30 heavy (non-hydrogen) atoms. The van der Waals surface area contributed by atoms with Crippen LogP contribution >= 0.6 is 0 Å². The largest absolute Gasteiger partial charge is 0.497 e. The number of methoxy groups -OCH3 is 2. The third-order valence-corrected chi connectivity index (χ3v) is 4.44. The van der Waals surface area contributed by atoms with Crippen LogP contribution in [-0.2, 0) is 0 Å². The summed E-state index contributed by atoms with van der Waals surface area (Å²) in [7, 11) is 3.11. The molecule has 0 unspecified atom stereocenters. The fourth-order valence-electron chi connectivity index (χ4n) is 2.92. The molecule has 0 saturated carbocycles. The maximum Gasteiger partial charge on any atom is 0.258 e. The van der Waals surface area contributed by atoms with Gasteiger partial charge in [0.05, 0.1) is 14.2 Å². The lowest BCUT2D eigenvalue weighted by Gasteiger charge is -2.10. The molecule has 7 heteroatoms. The van der Waals surface area contributed by atoms with Gasteiger partial charge in [0.2, 0.25) is 5.82 Å². The zero-order valence-electron chi connectivity index (χ0n) is 16.5. The third kappa shape index (κ3) is 4.15. The number of aromatic nitrogens is 2. The average Bonchev–Trinajstić information content (AvgIpc) is 3.30. The minimum Gasteiger partial charge on any atom is -0.497 e. The molecular weight excluding hydrogens is 382 g/mol. The Balaban J connectivity index is 1.57. The standard InChI is InChI=1S/C23H19N3O4/c1-28-19-12-18(13-20(14-19)29-2)24-22(27)16-9-6-10-17(11-16)23-25-21(26-30-23)15-7-4-3-5-8-15/h3-14H,1-2H3,(H,24,27). The highest BCUT2D eigenvalue weighted by Crippen LogP contribution is 2.27. The number of ether oxygens (including phenoxy) is 2. The fourth-order valence-corrected chi connectivity index (χ4v) is 2.92. The second-order valence-electron chi connectivity index (χ2n) is 6.43. The number of carbonyl (C=O) groups excluding carboxylic acids is 1. The number of amides is 1. The molecule has 0 bridgehead atoms. The van der Waals surface area contributed by atoms with Gasteiger partial charge in [-0.3, -0.25) is 4.79 Å². The summed E-state index contributed by atoms with van der Waals surface area (Å²) in [4.78, 5) is 17.2. The first-order chi connectivity index (χ1) is 14.7. The Morgan fingerprint density at radius 1 is 0.867 bits per heavy atom. The zero-order valence-corrected chi connectivity index (χ0v) is 16.5. The number of nitrogens with one attached hydrogen (secondary N) is 1. The Morgan fingerprint density at radius 3 is 2.27 bits per heavy atom. The van der Waals surface area contributed by atoms with E-state index in [1.807, 2.05) is 36.4 Å². The number of anilines is 1. The second-order valence-corrected chi connectivity index (χ2v) is 6.43. The van der Waals surface area contributed by atoms with Gasteiger partial charge >= 0.3 is 0 Å². The van der Waals surface area contributed by atoms with E-state index in [0.29, 0.717) is 40.0 Å². The van der Waals surface area contributed by atoms with Crippen LogP contribution in [0.2, 0.25) is 0 Å². The number of nitrogens with zero attached hydrogens (tertiary/aromatic N) is 2. The second kappa shape index (κ2) is 8.48. The van der Waals surface area contributed by atoms with Gasteiger partial charge in [0, 0.05) is 40.6 Å². The molecule has 7 nitrogen and oxygen atoms in total. The van der Waals surface area contributed by atoms with Gasteiger partial charge in [0.15, 0.2) is 0 Å². The lowest BCUT2D eigenvalue weighted by molar-refractivity contribution is 0.102. The quantitative estimate of drug-likeness (QED) is 0.505. The molecule has 1 N–H and O–H groups in total. The summed E-state index contributed by atoms with van der Waals surface area (Å²) in [5.41, 5.74) is 2.52. The van der Waals surface area contributed by atoms with Gasteiger partial charge in [0.25, 0.3) is 11.8 Å². The minimum atomic E-state index is -0.282. The summed E-state index contributed by atoms with van der Waals surface area (Å²) in [5, 5.41) is 6.88. The lowest BCUT2D eigenvalue weighted by atomic mass is 10.1. The van der Waals surface area contributed by atoms with Crippen molar-refractivity contribution in [2.75, 3.05) is 19.5 Å². The van der Waals surface area contributed by atoms with Crippen LogP contribution in [0.4, 0.5) is 5.69 Å². The van der Waals surface area contributed by atoms with Crippen molar-refractivity contribution in [3.63, 3.8) is 0 Å². The molecule has 4 rings (SSSR count). The van der Waals surface area contributed by atoms with Crippen molar-refractivity contribution in [2.45, 2.75) is 0 Å². The molecule has 1 heterocycles. The summed E-state index contributed by atoms with van der Waals surface area (Å²) in [6.07, 6.45) is 0. The Bertz CT molecular complexity index is 1150. The maximum absolute atomic E-state index is 12.8. The van der Waals surface area contributed by atoms with Gasteiger partial charge in [-0.25, -0.2) is 0 Å². The van der Waals surface area contributed by atoms with Crippen LogP contribution in [0.5, 0.6) is 11.5 Å². The van der Waals surface area contributed by atoms with Gasteiger partial charge in [0.1, 0.15) is 11.5 Å². The van der Waals surface area contributed by atoms with E-state index in [4.69, 9.17) is 14.0 Å². The van der Waals surface area contributed by atoms with Gasteiger partial charge < -0.3 is 19.3 Å². The van der Waals surface area contributed by atoms with Crippen molar-refractivity contribution in [1.82, 2.24) is 10.1 Å². The van der Waals surface area contributed by atoms with Crippen molar-refractivity contribution in [2.24, 2.45) is 0 Å². The highest BCUT2D eigenvalue weighted by Gasteiger charge is 2.14. The first-order valence-electron chi connectivity index (χ1n) is 9.20. The number of hydrogen-bond acceptors (Lipinski definition) is 6. The normalized spacial score (nSPS) is 10.5. The van der Waals surface area contributed by atoms with Crippen molar-refractivity contribution in [3.8, 4) is 34.3 Å². The highest BCUT2D eigenvalue weighted by atomic mass is 16.5. The average molecular weight is 401 g/mol. The molecule has 0 atom stereocenters. The molecule has 3 aromatic carbocycles. The molecule has 0 fully saturated rings. The van der Waals surface area contributed by atoms with Crippen LogP contribution in [0, 0.1) is 0 Å². The molecular formula is C23H19N3O4. The Labute approximate surface area is 173 Å². The molecule has 0 saturated heterocycles. The monoisotopic (exact) mass is 401 g/mol. The molecule has 0 radical (unpaired) electrons. The number of hydrogen-bond donors (Lipinski definition) is 1. The van der Waals surface area contributed by atoms with E-state index in [2.05, 4.69) is 15.5 Å². The van der Waals surface area contributed by atoms with Crippen LogP contribution < -0.4 is 14.8 Å². The highest BCUT2D eigenvalue weighted by molar-refractivity contribution is 6.05. The predicted molar refractivity (Wildman–Crippen MR) is 113 cm³/mol. The fraction of sp³-hybridized carbons (Fsp3) is 0.0870. The number of carbonyl (C=O) groups is 1. The van der Waals surface area contributed by atoms with Crippen LogP contribution in [0.25, 0.3) is 22.8 Å². The van der Waals surface area contributed by atoms with Crippen molar-refractivity contribution < 1.29 is 18.8 Å². The van der Waals surface area contributed by atoms with Crippen LogP contribution in [0.15, 0.2) is 77.3 Å². The summed E-state index contributed by atoms with van der Waals surface area (Å²) in [5.74, 6) is 1.71. The van der Waals surface area contributed by atoms with E-state index < -0.39 is 0 Å². The predicted octanol–water partition coefficient (Wildman–Crippen LogP) is 4.67. The molecule has 1 amide bonds. The van der Waals surface area contributed by atoms with E-state index in [1.54, 1.807) is 50.6 Å². The van der Waals surface area contributed by atoms with Gasteiger partial charge in [-0.1, -0.05) is 41.6 Å². The van der Waals surface area contributed by atoms with Crippen molar-refractivity contribution in [3.05, 3.63) is 78.4 Å². The van der Waals surface area contributed by atoms with E-state index in [0.717, 1.165) is 5.56 Å². The summed E-state index contributed by atoms with van der Waals surface area (Å²) in [6, 6.07) is 21.7. The molecule has 0 aliphatic heterocycles. The Hall–Kier alpha value is -4.13.